The third kappa shape index (κ3) is 3.54. The second kappa shape index (κ2) is 6.88. The van der Waals surface area contributed by atoms with Crippen molar-refractivity contribution in [3.05, 3.63) is 58.0 Å². The van der Waals surface area contributed by atoms with E-state index in [-0.39, 0.29) is 11.9 Å². The summed E-state index contributed by atoms with van der Waals surface area (Å²) in [6.45, 7) is 10.8. The van der Waals surface area contributed by atoms with Gasteiger partial charge in [-0.15, -0.1) is 11.3 Å². The number of hydrogen-bond acceptors (Lipinski definition) is 3. The van der Waals surface area contributed by atoms with Gasteiger partial charge in [0.1, 0.15) is 5.00 Å². The summed E-state index contributed by atoms with van der Waals surface area (Å²) in [5, 5.41) is 8.57. The maximum atomic E-state index is 12.9. The Labute approximate surface area is 152 Å². The molecule has 6 heteroatoms. The second-order valence-electron chi connectivity index (χ2n) is 6.54. The highest BCUT2D eigenvalue weighted by Gasteiger charge is 2.22. The minimum Gasteiger partial charge on any atom is -0.348 e. The van der Waals surface area contributed by atoms with E-state index in [1.807, 2.05) is 67.5 Å². The normalized spacial score (nSPS) is 12.4. The Morgan fingerprint density at radius 3 is 2.52 bits per heavy atom. The Hall–Kier alpha value is -2.34. The quantitative estimate of drug-likeness (QED) is 0.756. The lowest BCUT2D eigenvalue weighted by atomic mass is 10.1. The lowest BCUT2D eigenvalue weighted by molar-refractivity contribution is 0.0935. The lowest BCUT2D eigenvalue weighted by Crippen LogP contribution is -2.36. The summed E-state index contributed by atoms with van der Waals surface area (Å²) in [6.07, 6.45) is 3.95. The van der Waals surface area contributed by atoms with Crippen LogP contribution in [-0.2, 0) is 6.54 Å². The van der Waals surface area contributed by atoms with Crippen LogP contribution in [-0.4, -0.2) is 26.3 Å². The third-order valence-electron chi connectivity index (χ3n) is 4.36. The van der Waals surface area contributed by atoms with Gasteiger partial charge < -0.3 is 9.88 Å². The Balaban J connectivity index is 1.80. The largest absolute Gasteiger partial charge is 0.348 e. The standard InChI is InChI=1S/C19H24N4OS/c1-12-10-14(3)23(21-12)11-13(2)20-18(24)17-15(4)16(5)25-19(17)22-8-6-7-9-22/h6-10,13H,11H2,1-5H3,(H,20,24). The number of nitrogens with one attached hydrogen (secondary N) is 1. The molecule has 0 saturated carbocycles. The molecule has 0 aliphatic carbocycles. The number of carbonyl (C=O) groups excluding carboxylic acids is 1. The molecular formula is C19H24N4OS. The number of hydrogen-bond donors (Lipinski definition) is 1. The van der Waals surface area contributed by atoms with Crippen LogP contribution in [0.2, 0.25) is 0 Å². The highest BCUT2D eigenvalue weighted by Crippen LogP contribution is 2.31. The first-order chi connectivity index (χ1) is 11.9. The van der Waals surface area contributed by atoms with Crippen molar-refractivity contribution in [2.24, 2.45) is 0 Å². The molecule has 132 valence electrons. The van der Waals surface area contributed by atoms with Gasteiger partial charge in [0.25, 0.3) is 5.91 Å². The highest BCUT2D eigenvalue weighted by molar-refractivity contribution is 7.15. The number of amides is 1. The average Bonchev–Trinajstić information content (AvgIpc) is 3.22. The topological polar surface area (TPSA) is 51.9 Å². The molecular weight excluding hydrogens is 332 g/mol. The summed E-state index contributed by atoms with van der Waals surface area (Å²) >= 11 is 1.65. The van der Waals surface area contributed by atoms with Crippen molar-refractivity contribution in [2.75, 3.05) is 0 Å². The molecule has 1 atom stereocenters. The van der Waals surface area contributed by atoms with Gasteiger partial charge in [-0.2, -0.15) is 5.10 Å². The molecule has 3 heterocycles. The van der Waals surface area contributed by atoms with Crippen LogP contribution in [0.5, 0.6) is 0 Å². The summed E-state index contributed by atoms with van der Waals surface area (Å²) in [7, 11) is 0. The van der Waals surface area contributed by atoms with Crippen LogP contribution in [0.15, 0.2) is 30.6 Å². The van der Waals surface area contributed by atoms with E-state index in [1.165, 1.54) is 4.88 Å². The minimum absolute atomic E-state index is 0.0115. The van der Waals surface area contributed by atoms with E-state index in [2.05, 4.69) is 17.3 Å². The van der Waals surface area contributed by atoms with Crippen molar-refractivity contribution in [3.63, 3.8) is 0 Å². The van der Waals surface area contributed by atoms with E-state index in [0.717, 1.165) is 27.5 Å². The summed E-state index contributed by atoms with van der Waals surface area (Å²) in [5.41, 5.74) is 3.91. The van der Waals surface area contributed by atoms with Crippen LogP contribution in [0, 0.1) is 27.7 Å². The molecule has 3 aromatic rings. The summed E-state index contributed by atoms with van der Waals surface area (Å²) in [4.78, 5) is 14.1. The van der Waals surface area contributed by atoms with Crippen LogP contribution in [0.3, 0.4) is 0 Å². The van der Waals surface area contributed by atoms with Gasteiger partial charge in [-0.1, -0.05) is 0 Å². The van der Waals surface area contributed by atoms with E-state index in [4.69, 9.17) is 0 Å². The number of aromatic nitrogens is 3. The smallest absolute Gasteiger partial charge is 0.254 e. The van der Waals surface area contributed by atoms with Crippen molar-refractivity contribution in [1.29, 1.82) is 0 Å². The molecule has 0 aliphatic heterocycles. The van der Waals surface area contributed by atoms with Gasteiger partial charge in [-0.05, 0) is 58.4 Å². The van der Waals surface area contributed by atoms with Gasteiger partial charge in [0.2, 0.25) is 0 Å². The Kier molecular flexibility index (Phi) is 4.81. The van der Waals surface area contributed by atoms with Gasteiger partial charge >= 0.3 is 0 Å². The molecule has 3 aromatic heterocycles. The summed E-state index contributed by atoms with van der Waals surface area (Å²) in [5.74, 6) is -0.0282. The predicted octanol–water partition coefficient (Wildman–Crippen LogP) is 3.79. The molecule has 0 spiro atoms. The van der Waals surface area contributed by atoms with Crippen molar-refractivity contribution in [2.45, 2.75) is 47.2 Å². The number of rotatable bonds is 5. The molecule has 1 unspecified atom stereocenters. The molecule has 0 saturated heterocycles. The fourth-order valence-electron chi connectivity index (χ4n) is 2.99. The number of thiophene rings is 1. The van der Waals surface area contributed by atoms with E-state index in [0.29, 0.717) is 6.54 Å². The fourth-order valence-corrected chi connectivity index (χ4v) is 4.11. The van der Waals surface area contributed by atoms with Crippen LogP contribution in [0.25, 0.3) is 5.00 Å². The first-order valence-corrected chi connectivity index (χ1v) is 9.23. The highest BCUT2D eigenvalue weighted by atomic mass is 32.1. The van der Waals surface area contributed by atoms with Crippen LogP contribution >= 0.6 is 11.3 Å². The SMILES string of the molecule is Cc1cc(C)n(CC(C)NC(=O)c2c(-n3cccc3)sc(C)c2C)n1. The lowest BCUT2D eigenvalue weighted by Gasteiger charge is -2.16. The molecule has 0 radical (unpaired) electrons. The van der Waals surface area contributed by atoms with Crippen molar-refractivity contribution < 1.29 is 4.79 Å². The van der Waals surface area contributed by atoms with Gasteiger partial charge in [0.15, 0.2) is 0 Å². The molecule has 1 N–H and O–H groups in total. The van der Waals surface area contributed by atoms with Crippen LogP contribution < -0.4 is 5.32 Å². The molecule has 0 fully saturated rings. The van der Waals surface area contributed by atoms with E-state index in [1.54, 1.807) is 11.3 Å². The molecule has 0 bridgehead atoms. The molecule has 0 aromatic carbocycles. The number of nitrogens with zero attached hydrogens (tertiary/aromatic N) is 3. The Bertz CT molecular complexity index is 889. The maximum absolute atomic E-state index is 12.9. The molecule has 3 rings (SSSR count). The summed E-state index contributed by atoms with van der Waals surface area (Å²) < 4.78 is 3.95. The van der Waals surface area contributed by atoms with Crippen molar-refractivity contribution in [1.82, 2.24) is 19.7 Å². The van der Waals surface area contributed by atoms with E-state index in [9.17, 15) is 4.79 Å². The van der Waals surface area contributed by atoms with Crippen molar-refractivity contribution >= 4 is 17.2 Å². The minimum atomic E-state index is -0.0282. The zero-order valence-electron chi connectivity index (χ0n) is 15.3. The molecule has 5 nitrogen and oxygen atoms in total. The number of carbonyl (C=O) groups is 1. The van der Waals surface area contributed by atoms with Gasteiger partial charge in [0.05, 0.1) is 17.8 Å². The monoisotopic (exact) mass is 356 g/mol. The number of aryl methyl sites for hydroxylation is 3. The maximum Gasteiger partial charge on any atom is 0.254 e. The third-order valence-corrected chi connectivity index (χ3v) is 5.58. The first kappa shape index (κ1) is 17.5. The van der Waals surface area contributed by atoms with Crippen LogP contribution in [0.1, 0.15) is 39.1 Å². The molecule has 0 aliphatic rings. The Morgan fingerprint density at radius 1 is 1.24 bits per heavy atom. The van der Waals surface area contributed by atoms with Gasteiger partial charge in [0, 0.05) is 29.0 Å². The predicted molar refractivity (Wildman–Crippen MR) is 102 cm³/mol. The summed E-state index contributed by atoms with van der Waals surface area (Å²) in [6, 6.07) is 5.97. The fraction of sp³-hybridized carbons (Fsp3) is 0.368. The van der Waals surface area contributed by atoms with E-state index >= 15 is 0 Å². The van der Waals surface area contributed by atoms with Gasteiger partial charge in [-0.25, -0.2) is 0 Å². The average molecular weight is 356 g/mol. The van der Waals surface area contributed by atoms with Crippen molar-refractivity contribution in [3.8, 4) is 5.00 Å². The molecule has 25 heavy (non-hydrogen) atoms. The Morgan fingerprint density at radius 2 is 1.92 bits per heavy atom. The van der Waals surface area contributed by atoms with Crippen LogP contribution in [0.4, 0.5) is 0 Å². The van der Waals surface area contributed by atoms with Gasteiger partial charge in [-0.3, -0.25) is 9.48 Å². The first-order valence-electron chi connectivity index (χ1n) is 8.42. The zero-order chi connectivity index (χ0) is 18.1. The second-order valence-corrected chi connectivity index (χ2v) is 7.74. The van der Waals surface area contributed by atoms with E-state index < -0.39 is 0 Å². The molecule has 1 amide bonds. The zero-order valence-corrected chi connectivity index (χ0v) is 16.1.